The molecule has 0 aliphatic carbocycles. The number of nitrogens with one attached hydrogen (secondary N) is 2. The lowest BCUT2D eigenvalue weighted by molar-refractivity contribution is -0.130. The molecule has 1 heterocycles. The summed E-state index contributed by atoms with van der Waals surface area (Å²) in [6, 6.07) is 7.86. The van der Waals surface area contributed by atoms with Crippen LogP contribution in [0.2, 0.25) is 0 Å². The van der Waals surface area contributed by atoms with E-state index in [1.54, 1.807) is 5.94 Å². The molecule has 1 aliphatic heterocycles. The zero-order valence-electron chi connectivity index (χ0n) is 10.7. The summed E-state index contributed by atoms with van der Waals surface area (Å²) >= 11 is 0. The zero-order valence-corrected chi connectivity index (χ0v) is 10.7. The first-order valence-electron chi connectivity index (χ1n) is 6.09. The van der Waals surface area contributed by atoms with Gasteiger partial charge in [0.1, 0.15) is 5.94 Å². The largest absolute Gasteiger partial charge is 0.380 e. The van der Waals surface area contributed by atoms with Crippen LogP contribution in [0.4, 0.5) is 5.69 Å². The molecule has 1 atom stereocenters. The highest BCUT2D eigenvalue weighted by Crippen LogP contribution is 2.27. The van der Waals surface area contributed by atoms with Gasteiger partial charge in [0.25, 0.3) is 0 Å². The van der Waals surface area contributed by atoms with Crippen LogP contribution < -0.4 is 10.6 Å². The maximum Gasteiger partial charge on any atom is 0.219 e. The van der Waals surface area contributed by atoms with E-state index in [1.165, 1.54) is 13.0 Å². The van der Waals surface area contributed by atoms with Gasteiger partial charge in [0.15, 0.2) is 5.72 Å². The Morgan fingerprint density at radius 1 is 1.58 bits per heavy atom. The van der Waals surface area contributed by atoms with E-state index in [4.69, 9.17) is 4.74 Å². The van der Waals surface area contributed by atoms with Gasteiger partial charge in [-0.25, -0.2) is 4.79 Å². The molecule has 0 spiro atoms. The monoisotopic (exact) mass is 260 g/mol. The smallest absolute Gasteiger partial charge is 0.219 e. The summed E-state index contributed by atoms with van der Waals surface area (Å²) < 4.78 is 5.67. The highest BCUT2D eigenvalue weighted by atomic mass is 16.5. The number of carbonyl (C=O) groups excluding carboxylic acids is 2. The standard InChI is InChI=1S/C14H16N2O3/c1-11(18)16-14(19-8-4-7-17)9-12-5-2-3-6-13(12)15-10-14/h2-6,15H,8-10H2,1H3,(H,16,18). The van der Waals surface area contributed by atoms with E-state index in [0.29, 0.717) is 13.0 Å². The molecule has 1 aromatic carbocycles. The zero-order chi connectivity index (χ0) is 13.7. The molecule has 2 N–H and O–H groups in total. The van der Waals surface area contributed by atoms with Crippen molar-refractivity contribution in [2.75, 3.05) is 18.5 Å². The maximum absolute atomic E-state index is 11.4. The number of fused-ring (bicyclic) bond motifs is 1. The predicted molar refractivity (Wildman–Crippen MR) is 71.4 cm³/mol. The topological polar surface area (TPSA) is 67.4 Å². The van der Waals surface area contributed by atoms with Gasteiger partial charge in [-0.15, -0.1) is 0 Å². The van der Waals surface area contributed by atoms with E-state index >= 15 is 0 Å². The van der Waals surface area contributed by atoms with E-state index in [1.807, 2.05) is 24.3 Å². The van der Waals surface area contributed by atoms with Crippen molar-refractivity contribution in [3.8, 4) is 0 Å². The Hall–Kier alpha value is -2.10. The lowest BCUT2D eigenvalue weighted by Gasteiger charge is -2.38. The van der Waals surface area contributed by atoms with Crippen molar-refractivity contribution in [3.05, 3.63) is 35.9 Å². The Morgan fingerprint density at radius 2 is 2.37 bits per heavy atom. The number of hydrogen-bond acceptors (Lipinski definition) is 4. The summed E-state index contributed by atoms with van der Waals surface area (Å²) in [5.41, 5.74) is 1.28. The highest BCUT2D eigenvalue weighted by molar-refractivity contribution is 5.74. The Bertz CT molecular complexity index is 523. The van der Waals surface area contributed by atoms with Crippen LogP contribution in [0.1, 0.15) is 12.5 Å². The third-order valence-electron chi connectivity index (χ3n) is 2.99. The van der Waals surface area contributed by atoms with Gasteiger partial charge < -0.3 is 15.4 Å². The van der Waals surface area contributed by atoms with Gasteiger partial charge in [0, 0.05) is 25.1 Å². The fourth-order valence-electron chi connectivity index (χ4n) is 2.24. The molecule has 0 aromatic heterocycles. The molecular formula is C14H16N2O3. The second-order valence-electron chi connectivity index (χ2n) is 4.50. The first-order chi connectivity index (χ1) is 9.15. The molecule has 0 saturated carbocycles. The van der Waals surface area contributed by atoms with Gasteiger partial charge in [-0.3, -0.25) is 4.79 Å². The molecule has 0 fully saturated rings. The molecule has 1 aliphatic rings. The van der Waals surface area contributed by atoms with Crippen molar-refractivity contribution in [1.82, 2.24) is 5.32 Å². The number of para-hydroxylation sites is 1. The van der Waals surface area contributed by atoms with Crippen molar-refractivity contribution in [3.63, 3.8) is 0 Å². The van der Waals surface area contributed by atoms with E-state index in [2.05, 4.69) is 10.6 Å². The molecule has 5 heteroatoms. The number of carbonyl (C=O) groups is 1. The van der Waals surface area contributed by atoms with Gasteiger partial charge >= 0.3 is 0 Å². The first-order valence-corrected chi connectivity index (χ1v) is 6.09. The van der Waals surface area contributed by atoms with Crippen molar-refractivity contribution in [2.24, 2.45) is 0 Å². The average Bonchev–Trinajstić information content (AvgIpc) is 2.38. The van der Waals surface area contributed by atoms with Crippen LogP contribution >= 0.6 is 0 Å². The fraction of sp³-hybridized carbons (Fsp3) is 0.357. The summed E-state index contributed by atoms with van der Waals surface area (Å²) in [7, 11) is 0. The van der Waals surface area contributed by atoms with Gasteiger partial charge in [0.2, 0.25) is 5.91 Å². The van der Waals surface area contributed by atoms with Crippen molar-refractivity contribution in [1.29, 1.82) is 0 Å². The van der Waals surface area contributed by atoms with E-state index in [-0.39, 0.29) is 12.5 Å². The van der Waals surface area contributed by atoms with Crippen molar-refractivity contribution >= 4 is 17.5 Å². The molecule has 5 nitrogen and oxygen atoms in total. The summed E-state index contributed by atoms with van der Waals surface area (Å²) in [6.07, 6.45) is 1.81. The van der Waals surface area contributed by atoms with Crippen LogP contribution in [-0.4, -0.2) is 30.7 Å². The third-order valence-corrected chi connectivity index (χ3v) is 2.99. The Kier molecular flexibility index (Phi) is 4.00. The summed E-state index contributed by atoms with van der Waals surface area (Å²) in [5.74, 6) is 1.49. The van der Waals surface area contributed by atoms with E-state index in [0.717, 1.165) is 11.3 Å². The molecule has 0 bridgehead atoms. The number of rotatable bonds is 4. The Morgan fingerprint density at radius 3 is 3.11 bits per heavy atom. The average molecular weight is 260 g/mol. The van der Waals surface area contributed by atoms with Crippen molar-refractivity contribution < 1.29 is 14.3 Å². The van der Waals surface area contributed by atoms with Gasteiger partial charge in [-0.2, -0.15) is 0 Å². The Balaban J connectivity index is 2.20. The van der Waals surface area contributed by atoms with Crippen LogP contribution in [0.25, 0.3) is 0 Å². The third kappa shape index (κ3) is 3.22. The minimum atomic E-state index is -0.826. The SMILES string of the molecule is CC(=O)NC1(OCC=C=O)CNc2ccccc2C1. The normalized spacial score (nSPS) is 20.7. The molecule has 1 amide bonds. The second-order valence-corrected chi connectivity index (χ2v) is 4.50. The summed E-state index contributed by atoms with van der Waals surface area (Å²) in [4.78, 5) is 21.6. The van der Waals surface area contributed by atoms with Crippen LogP contribution in [0.3, 0.4) is 0 Å². The number of ether oxygens (including phenoxy) is 1. The number of amides is 1. The second kappa shape index (κ2) is 5.69. The van der Waals surface area contributed by atoms with E-state index in [9.17, 15) is 9.59 Å². The molecule has 2 rings (SSSR count). The summed E-state index contributed by atoms with van der Waals surface area (Å²) in [5, 5.41) is 6.06. The molecule has 19 heavy (non-hydrogen) atoms. The molecule has 100 valence electrons. The lowest BCUT2D eigenvalue weighted by atomic mass is 9.96. The minimum absolute atomic E-state index is 0.119. The lowest BCUT2D eigenvalue weighted by Crippen LogP contribution is -2.58. The van der Waals surface area contributed by atoms with Crippen LogP contribution in [0.15, 0.2) is 30.3 Å². The molecule has 0 radical (unpaired) electrons. The molecule has 0 saturated heterocycles. The quantitative estimate of drug-likeness (QED) is 0.623. The predicted octanol–water partition coefficient (Wildman–Crippen LogP) is 0.891. The van der Waals surface area contributed by atoms with E-state index < -0.39 is 5.72 Å². The highest BCUT2D eigenvalue weighted by Gasteiger charge is 2.36. The van der Waals surface area contributed by atoms with Gasteiger partial charge in [0.05, 0.1) is 13.2 Å². The van der Waals surface area contributed by atoms with Gasteiger partial charge in [-0.05, 0) is 11.6 Å². The first kappa shape index (κ1) is 13.3. The molecule has 1 aromatic rings. The van der Waals surface area contributed by atoms with Gasteiger partial charge in [-0.1, -0.05) is 18.2 Å². The number of benzene rings is 1. The maximum atomic E-state index is 11.4. The minimum Gasteiger partial charge on any atom is -0.380 e. The van der Waals surface area contributed by atoms with Crippen LogP contribution in [0, 0.1) is 0 Å². The molecular weight excluding hydrogens is 244 g/mol. The number of hydrogen-bond donors (Lipinski definition) is 2. The number of anilines is 1. The fourth-order valence-corrected chi connectivity index (χ4v) is 2.24. The van der Waals surface area contributed by atoms with Crippen LogP contribution in [-0.2, 0) is 20.7 Å². The molecule has 1 unspecified atom stereocenters. The van der Waals surface area contributed by atoms with Crippen molar-refractivity contribution in [2.45, 2.75) is 19.1 Å². The Labute approximate surface area is 111 Å². The summed E-state index contributed by atoms with van der Waals surface area (Å²) in [6.45, 7) is 2.02. The van der Waals surface area contributed by atoms with Crippen LogP contribution in [0.5, 0.6) is 0 Å².